The second kappa shape index (κ2) is 7.18. The minimum absolute atomic E-state index is 0.297. The van der Waals surface area contributed by atoms with E-state index in [1.54, 1.807) is 32.0 Å². The molecule has 0 aliphatic carbocycles. The highest BCUT2D eigenvalue weighted by Gasteiger charge is 2.53. The van der Waals surface area contributed by atoms with Crippen LogP contribution in [0.3, 0.4) is 0 Å². The third-order valence-corrected chi connectivity index (χ3v) is 4.37. The second-order valence-corrected chi connectivity index (χ2v) is 6.71. The fraction of sp³-hybridized carbons (Fsp3) is 0.444. The summed E-state index contributed by atoms with van der Waals surface area (Å²) in [6.45, 7) is 3.42. The first-order valence-electron chi connectivity index (χ1n) is 8.26. The lowest BCUT2D eigenvalue weighted by molar-refractivity contribution is -0.304. The van der Waals surface area contributed by atoms with E-state index in [0.29, 0.717) is 16.7 Å². The molecule has 1 saturated heterocycles. The second-order valence-electron chi connectivity index (χ2n) is 6.71. The van der Waals surface area contributed by atoms with Gasteiger partial charge in [0, 0.05) is 24.6 Å². The maximum atomic E-state index is 11.4. The fourth-order valence-electron chi connectivity index (χ4n) is 3.19. The number of primary amides is 1. The van der Waals surface area contributed by atoms with E-state index in [1.807, 2.05) is 0 Å². The summed E-state index contributed by atoms with van der Waals surface area (Å²) in [5, 5.41) is 11.3. The number of fused-ring (bicyclic) bond motifs is 1. The Morgan fingerprint density at radius 2 is 1.96 bits per heavy atom. The summed E-state index contributed by atoms with van der Waals surface area (Å²) in [5.41, 5.74) is 3.99. The standard InChI is InChI=1S/C18H21NO8/c1-18(2)15(23-3)14(26-17(19)22)13(21)16(27-18)24-10-6-4-9-5-7-12(20)25-11(9)8-10/h4-8,13-16,21H,1-3H3,(H2,19,22)/t13-,14+,15?,16?/m0/s1. The van der Waals surface area contributed by atoms with Crippen molar-refractivity contribution in [3.63, 3.8) is 0 Å². The van der Waals surface area contributed by atoms with E-state index < -0.39 is 41.9 Å². The highest BCUT2D eigenvalue weighted by Crippen LogP contribution is 2.34. The number of methoxy groups -OCH3 is 1. The van der Waals surface area contributed by atoms with E-state index in [9.17, 15) is 14.7 Å². The van der Waals surface area contributed by atoms with Crippen molar-refractivity contribution in [3.8, 4) is 5.75 Å². The molecule has 2 heterocycles. The fourth-order valence-corrected chi connectivity index (χ4v) is 3.19. The molecule has 0 spiro atoms. The van der Waals surface area contributed by atoms with Gasteiger partial charge in [-0.15, -0.1) is 0 Å². The molecule has 1 amide bonds. The molecule has 0 radical (unpaired) electrons. The number of carbonyl (C=O) groups is 1. The van der Waals surface area contributed by atoms with Crippen LogP contribution in [0.15, 0.2) is 39.5 Å². The van der Waals surface area contributed by atoms with Gasteiger partial charge in [-0.05, 0) is 32.0 Å². The van der Waals surface area contributed by atoms with Gasteiger partial charge in [-0.1, -0.05) is 0 Å². The maximum absolute atomic E-state index is 11.4. The summed E-state index contributed by atoms with van der Waals surface area (Å²) in [6, 6.07) is 7.78. The van der Waals surface area contributed by atoms with Crippen LogP contribution in [0.2, 0.25) is 0 Å². The largest absolute Gasteiger partial charge is 0.462 e. The summed E-state index contributed by atoms with van der Waals surface area (Å²) >= 11 is 0. The number of hydrogen-bond donors (Lipinski definition) is 2. The molecule has 1 aromatic heterocycles. The van der Waals surface area contributed by atoms with Gasteiger partial charge in [0.15, 0.2) is 12.2 Å². The van der Waals surface area contributed by atoms with E-state index in [0.717, 1.165) is 0 Å². The molecule has 4 atom stereocenters. The molecular weight excluding hydrogens is 358 g/mol. The highest BCUT2D eigenvalue weighted by atomic mass is 16.7. The predicted octanol–water partition coefficient (Wildman–Crippen LogP) is 1.15. The molecule has 1 aliphatic heterocycles. The smallest absolute Gasteiger partial charge is 0.404 e. The average molecular weight is 379 g/mol. The average Bonchev–Trinajstić information content (AvgIpc) is 2.58. The van der Waals surface area contributed by atoms with Gasteiger partial charge in [0.1, 0.15) is 17.4 Å². The first-order valence-corrected chi connectivity index (χ1v) is 8.26. The van der Waals surface area contributed by atoms with Gasteiger partial charge < -0.3 is 34.2 Å². The van der Waals surface area contributed by atoms with Gasteiger partial charge in [0.2, 0.25) is 6.29 Å². The Balaban J connectivity index is 1.89. The van der Waals surface area contributed by atoms with E-state index in [-0.39, 0.29) is 0 Å². The number of ether oxygens (including phenoxy) is 4. The topological polar surface area (TPSA) is 130 Å². The normalized spacial score (nSPS) is 27.3. The Hall–Kier alpha value is -2.62. The maximum Gasteiger partial charge on any atom is 0.404 e. The monoisotopic (exact) mass is 379 g/mol. The Bertz CT molecular complexity index is 892. The zero-order valence-electron chi connectivity index (χ0n) is 15.1. The molecule has 2 unspecified atom stereocenters. The van der Waals surface area contributed by atoms with Crippen LogP contribution < -0.4 is 16.1 Å². The van der Waals surface area contributed by atoms with Crippen molar-refractivity contribution in [1.82, 2.24) is 0 Å². The highest BCUT2D eigenvalue weighted by molar-refractivity contribution is 5.77. The SMILES string of the molecule is COC1[C@H](OC(N)=O)[C@H](O)C(Oc2ccc3ccc(=O)oc3c2)OC1(C)C. The molecule has 146 valence electrons. The third kappa shape index (κ3) is 3.90. The number of carbonyl (C=O) groups excluding carboxylic acids is 1. The van der Waals surface area contributed by atoms with Crippen molar-refractivity contribution in [2.75, 3.05) is 7.11 Å². The molecule has 1 aliphatic rings. The number of aliphatic hydroxyl groups is 1. The summed E-state index contributed by atoms with van der Waals surface area (Å²) in [4.78, 5) is 22.6. The number of aliphatic hydroxyl groups excluding tert-OH is 1. The van der Waals surface area contributed by atoms with Gasteiger partial charge in [0.05, 0.1) is 5.60 Å². The number of nitrogens with two attached hydrogens (primary N) is 1. The van der Waals surface area contributed by atoms with Crippen LogP contribution in [0.5, 0.6) is 5.75 Å². The first-order chi connectivity index (χ1) is 12.7. The van der Waals surface area contributed by atoms with Crippen LogP contribution in [-0.2, 0) is 14.2 Å². The lowest BCUT2D eigenvalue weighted by atomic mass is 9.89. The van der Waals surface area contributed by atoms with Crippen molar-refractivity contribution in [3.05, 3.63) is 40.8 Å². The molecule has 3 N–H and O–H groups in total. The molecule has 0 bridgehead atoms. The van der Waals surface area contributed by atoms with Crippen molar-refractivity contribution in [2.24, 2.45) is 5.73 Å². The molecule has 2 aromatic rings. The predicted molar refractivity (Wildman–Crippen MR) is 93.3 cm³/mol. The molecule has 9 heteroatoms. The summed E-state index contributed by atoms with van der Waals surface area (Å²) in [6.07, 6.45) is -5.46. The number of amides is 1. The molecule has 0 saturated carbocycles. The zero-order valence-corrected chi connectivity index (χ0v) is 15.1. The van der Waals surface area contributed by atoms with Crippen molar-refractivity contribution in [2.45, 2.75) is 44.1 Å². The van der Waals surface area contributed by atoms with E-state index >= 15 is 0 Å². The van der Waals surface area contributed by atoms with Gasteiger partial charge in [-0.3, -0.25) is 0 Å². The summed E-state index contributed by atoms with van der Waals surface area (Å²) in [5.74, 6) is 0.297. The lowest BCUT2D eigenvalue weighted by Crippen LogP contribution is -2.65. The van der Waals surface area contributed by atoms with Crippen LogP contribution >= 0.6 is 0 Å². The number of rotatable bonds is 4. The molecule has 1 fully saturated rings. The van der Waals surface area contributed by atoms with Crippen LogP contribution in [0.1, 0.15) is 13.8 Å². The quantitative estimate of drug-likeness (QED) is 0.757. The van der Waals surface area contributed by atoms with Crippen LogP contribution in [0.25, 0.3) is 11.0 Å². The summed E-state index contributed by atoms with van der Waals surface area (Å²) in [7, 11) is 1.41. The number of benzene rings is 1. The van der Waals surface area contributed by atoms with Gasteiger partial charge >= 0.3 is 11.7 Å². The van der Waals surface area contributed by atoms with Gasteiger partial charge in [0.25, 0.3) is 0 Å². The molecule has 3 rings (SSSR count). The zero-order chi connectivity index (χ0) is 19.8. The molecule has 9 nitrogen and oxygen atoms in total. The molecule has 27 heavy (non-hydrogen) atoms. The van der Waals surface area contributed by atoms with Crippen molar-refractivity contribution >= 4 is 17.1 Å². The Kier molecular flexibility index (Phi) is 5.09. The minimum Gasteiger partial charge on any atom is -0.462 e. The van der Waals surface area contributed by atoms with Crippen molar-refractivity contribution < 1.29 is 33.3 Å². The van der Waals surface area contributed by atoms with Crippen molar-refractivity contribution in [1.29, 1.82) is 0 Å². The lowest BCUT2D eigenvalue weighted by Gasteiger charge is -2.47. The van der Waals surface area contributed by atoms with E-state index in [4.69, 9.17) is 29.1 Å². The Morgan fingerprint density at radius 3 is 2.63 bits per heavy atom. The first kappa shape index (κ1) is 19.2. The third-order valence-electron chi connectivity index (χ3n) is 4.37. The number of hydrogen-bond acceptors (Lipinski definition) is 8. The van der Waals surface area contributed by atoms with Crippen LogP contribution in [-0.4, -0.2) is 48.5 Å². The molecule has 1 aromatic carbocycles. The minimum atomic E-state index is -1.37. The van der Waals surface area contributed by atoms with Gasteiger partial charge in [-0.2, -0.15) is 0 Å². The van der Waals surface area contributed by atoms with Crippen LogP contribution in [0, 0.1) is 0 Å². The van der Waals surface area contributed by atoms with E-state index in [1.165, 1.54) is 19.2 Å². The van der Waals surface area contributed by atoms with E-state index in [2.05, 4.69) is 0 Å². The Labute approximate surface area is 154 Å². The Morgan fingerprint density at radius 1 is 1.26 bits per heavy atom. The molecular formula is C18H21NO8. The van der Waals surface area contributed by atoms with Crippen LogP contribution in [0.4, 0.5) is 4.79 Å². The summed E-state index contributed by atoms with van der Waals surface area (Å²) < 4.78 is 27.1. The van der Waals surface area contributed by atoms with Gasteiger partial charge in [-0.25, -0.2) is 9.59 Å².